The Balaban J connectivity index is 0.991. The van der Waals surface area contributed by atoms with Gasteiger partial charge in [-0.25, -0.2) is 9.97 Å². The average molecular weight is 753 g/mol. The van der Waals surface area contributed by atoms with Crippen molar-refractivity contribution in [3.63, 3.8) is 0 Å². The van der Waals surface area contributed by atoms with E-state index >= 15 is 0 Å². The van der Waals surface area contributed by atoms with E-state index in [1.165, 1.54) is 71.8 Å². The molecule has 1 aromatic heterocycles. The smallest absolute Gasteiger partial charge is 0.161 e. The second-order valence-corrected chi connectivity index (χ2v) is 16.2. The fourth-order valence-electron chi connectivity index (χ4n) is 9.33. The summed E-state index contributed by atoms with van der Waals surface area (Å²) in [5.41, 5.74) is 17.4. The summed E-state index contributed by atoms with van der Waals surface area (Å²) in [4.78, 5) is 10.5. The highest BCUT2D eigenvalue weighted by Crippen LogP contribution is 2.52. The molecule has 0 radical (unpaired) electrons. The van der Waals surface area contributed by atoms with Crippen LogP contribution in [-0.4, -0.2) is 9.97 Å². The van der Waals surface area contributed by atoms with Crippen molar-refractivity contribution in [3.8, 4) is 78.4 Å². The molecule has 2 nitrogen and oxygen atoms in total. The third-order valence-corrected chi connectivity index (χ3v) is 12.3. The molecule has 0 aliphatic heterocycles. The molecule has 2 heteroatoms. The first-order valence-corrected chi connectivity index (χ1v) is 20.4. The van der Waals surface area contributed by atoms with Gasteiger partial charge in [-0.2, -0.15) is 0 Å². The van der Waals surface area contributed by atoms with Crippen LogP contribution < -0.4 is 0 Å². The maximum Gasteiger partial charge on any atom is 0.161 e. The summed E-state index contributed by atoms with van der Waals surface area (Å²) in [6, 6.07) is 74.2. The predicted octanol–water partition coefficient (Wildman–Crippen LogP) is 15.1. The molecule has 1 heterocycles. The van der Waals surface area contributed by atoms with E-state index in [0.717, 1.165) is 33.5 Å². The fraction of sp³-hybridized carbons (Fsp3) is 0.0526. The Kier molecular flexibility index (Phi) is 8.20. The van der Waals surface area contributed by atoms with Gasteiger partial charge in [0.2, 0.25) is 0 Å². The summed E-state index contributed by atoms with van der Waals surface area (Å²) >= 11 is 0. The first kappa shape index (κ1) is 34.8. The van der Waals surface area contributed by atoms with Gasteiger partial charge in [-0.1, -0.05) is 196 Å². The van der Waals surface area contributed by atoms with Crippen molar-refractivity contribution in [1.29, 1.82) is 0 Å². The highest BCUT2D eigenvalue weighted by molar-refractivity contribution is 6.05. The third kappa shape index (κ3) is 5.96. The van der Waals surface area contributed by atoms with Crippen molar-refractivity contribution >= 4 is 21.5 Å². The molecule has 0 saturated carbocycles. The van der Waals surface area contributed by atoms with Gasteiger partial charge in [0.25, 0.3) is 0 Å². The predicted molar refractivity (Wildman–Crippen MR) is 247 cm³/mol. The van der Waals surface area contributed by atoms with Crippen LogP contribution in [0.5, 0.6) is 0 Å². The number of hydrogen-bond donors (Lipinski definition) is 0. The summed E-state index contributed by atoms with van der Waals surface area (Å²) in [7, 11) is 0. The molecule has 0 bridgehead atoms. The molecule has 278 valence electrons. The largest absolute Gasteiger partial charge is 0.228 e. The number of benzene rings is 9. The lowest BCUT2D eigenvalue weighted by molar-refractivity contribution is 0.666. The quantitative estimate of drug-likeness (QED) is 0.169. The van der Waals surface area contributed by atoms with Crippen molar-refractivity contribution in [2.45, 2.75) is 19.3 Å². The van der Waals surface area contributed by atoms with E-state index in [4.69, 9.17) is 9.97 Å². The molecule has 0 amide bonds. The number of aromatic nitrogens is 2. The summed E-state index contributed by atoms with van der Waals surface area (Å²) in [5.74, 6) is 0.708. The number of hydrogen-bond acceptors (Lipinski definition) is 2. The van der Waals surface area contributed by atoms with Crippen LogP contribution >= 0.6 is 0 Å². The van der Waals surface area contributed by atoms with Crippen LogP contribution in [0.15, 0.2) is 206 Å². The zero-order chi connectivity index (χ0) is 39.5. The number of nitrogens with zero attached hydrogens (tertiary/aromatic N) is 2. The maximum absolute atomic E-state index is 5.27. The number of rotatable bonds is 6. The zero-order valence-corrected chi connectivity index (χ0v) is 33.0. The van der Waals surface area contributed by atoms with Crippen LogP contribution in [0.1, 0.15) is 25.0 Å². The molecule has 59 heavy (non-hydrogen) atoms. The Bertz CT molecular complexity index is 3220. The monoisotopic (exact) mass is 752 g/mol. The summed E-state index contributed by atoms with van der Waals surface area (Å²) in [6.07, 6.45) is 0. The maximum atomic E-state index is 5.27. The minimum Gasteiger partial charge on any atom is -0.228 e. The summed E-state index contributed by atoms with van der Waals surface area (Å²) in [6.45, 7) is 4.75. The van der Waals surface area contributed by atoms with Gasteiger partial charge in [0.15, 0.2) is 5.82 Å². The van der Waals surface area contributed by atoms with Crippen LogP contribution in [0, 0.1) is 0 Å². The minimum absolute atomic E-state index is 0.115. The van der Waals surface area contributed by atoms with Crippen molar-refractivity contribution in [3.05, 3.63) is 217 Å². The van der Waals surface area contributed by atoms with Gasteiger partial charge >= 0.3 is 0 Å². The van der Waals surface area contributed by atoms with Crippen LogP contribution in [0.3, 0.4) is 0 Å². The summed E-state index contributed by atoms with van der Waals surface area (Å²) in [5, 5.41) is 4.93. The Morgan fingerprint density at radius 2 is 0.814 bits per heavy atom. The van der Waals surface area contributed by atoms with Gasteiger partial charge in [0.1, 0.15) is 0 Å². The highest BCUT2D eigenvalue weighted by atomic mass is 14.9. The van der Waals surface area contributed by atoms with E-state index in [1.54, 1.807) is 0 Å². The molecule has 0 saturated heterocycles. The van der Waals surface area contributed by atoms with Crippen molar-refractivity contribution in [2.24, 2.45) is 0 Å². The normalized spacial score (nSPS) is 12.7. The average Bonchev–Trinajstić information content (AvgIpc) is 3.54. The zero-order valence-electron chi connectivity index (χ0n) is 33.0. The lowest BCUT2D eigenvalue weighted by atomic mass is 9.79. The fourth-order valence-corrected chi connectivity index (χ4v) is 9.33. The second kappa shape index (κ2) is 13.9. The number of fused-ring (bicyclic) bond motifs is 6. The first-order valence-electron chi connectivity index (χ1n) is 20.4. The standard InChI is InChI=1S/C57H40N2/c1-57(2)52-35-43(29-30-49(52)50-31-28-39-16-9-10-21-46(39)55(50)57)42-19-13-20-44(34-42)45-32-33-51(48-23-12-11-22-47(45)48)56-58-53(40-17-7-4-8-18-40)36-54(59-56)41-26-24-38(25-27-41)37-14-5-3-6-15-37/h3-36H,1-2H3. The van der Waals surface area contributed by atoms with Crippen molar-refractivity contribution in [1.82, 2.24) is 9.97 Å². The van der Waals surface area contributed by atoms with Gasteiger partial charge in [-0.3, -0.25) is 0 Å². The van der Waals surface area contributed by atoms with Gasteiger partial charge in [-0.15, -0.1) is 0 Å². The molecule has 10 aromatic rings. The second-order valence-electron chi connectivity index (χ2n) is 16.2. The van der Waals surface area contributed by atoms with Crippen LogP contribution in [-0.2, 0) is 5.41 Å². The van der Waals surface area contributed by atoms with E-state index in [9.17, 15) is 0 Å². The molecular formula is C57H40N2. The van der Waals surface area contributed by atoms with Crippen molar-refractivity contribution in [2.75, 3.05) is 0 Å². The van der Waals surface area contributed by atoms with E-state index in [2.05, 4.69) is 214 Å². The van der Waals surface area contributed by atoms with E-state index in [-0.39, 0.29) is 5.41 Å². The Morgan fingerprint density at radius 3 is 1.56 bits per heavy atom. The van der Waals surface area contributed by atoms with Gasteiger partial charge in [0.05, 0.1) is 11.4 Å². The molecule has 9 aromatic carbocycles. The van der Waals surface area contributed by atoms with Crippen LogP contribution in [0.2, 0.25) is 0 Å². The Morgan fingerprint density at radius 1 is 0.322 bits per heavy atom. The molecule has 0 fully saturated rings. The Labute approximate surface area is 345 Å². The molecular weight excluding hydrogens is 713 g/mol. The highest BCUT2D eigenvalue weighted by Gasteiger charge is 2.37. The Hall–Kier alpha value is -7.42. The molecule has 1 aliphatic rings. The molecule has 0 unspecified atom stereocenters. The van der Waals surface area contributed by atoms with Crippen LogP contribution in [0.4, 0.5) is 0 Å². The van der Waals surface area contributed by atoms with E-state index < -0.39 is 0 Å². The minimum atomic E-state index is -0.115. The van der Waals surface area contributed by atoms with Crippen molar-refractivity contribution < 1.29 is 0 Å². The first-order chi connectivity index (χ1) is 29.0. The van der Waals surface area contributed by atoms with Crippen LogP contribution in [0.25, 0.3) is 100.0 Å². The third-order valence-electron chi connectivity index (χ3n) is 12.3. The van der Waals surface area contributed by atoms with Gasteiger partial charge in [0, 0.05) is 22.1 Å². The topological polar surface area (TPSA) is 25.8 Å². The van der Waals surface area contributed by atoms with E-state index in [1.807, 2.05) is 6.07 Å². The molecule has 0 atom stereocenters. The lowest BCUT2D eigenvalue weighted by Crippen LogP contribution is -2.15. The lowest BCUT2D eigenvalue weighted by Gasteiger charge is -2.23. The SMILES string of the molecule is CC1(C)c2cc(-c3cccc(-c4ccc(-c5nc(-c6ccccc6)cc(-c6ccc(-c7ccccc7)cc6)n5)c5ccccc45)c3)ccc2-c2ccc3ccccc3c21. The van der Waals surface area contributed by atoms with E-state index in [0.29, 0.717) is 5.82 Å². The van der Waals surface area contributed by atoms with Gasteiger partial charge in [-0.05, 0) is 101 Å². The molecule has 0 spiro atoms. The molecule has 1 aliphatic carbocycles. The molecule has 11 rings (SSSR count). The van der Waals surface area contributed by atoms with Gasteiger partial charge < -0.3 is 0 Å². The molecule has 0 N–H and O–H groups in total. The summed E-state index contributed by atoms with van der Waals surface area (Å²) < 4.78 is 0.